The summed E-state index contributed by atoms with van der Waals surface area (Å²) in [6.07, 6.45) is 0. The maximum Gasteiger partial charge on any atom is 0.0998 e. The number of fused-ring (bicyclic) bond motifs is 4. The molecule has 0 aliphatic heterocycles. The summed E-state index contributed by atoms with van der Waals surface area (Å²) >= 11 is 6.82. The fraction of sp³-hybridized carbons (Fsp3) is 0. The second kappa shape index (κ2) is 7.57. The second-order valence-electron chi connectivity index (χ2n) is 8.95. The van der Waals surface area contributed by atoms with Gasteiger partial charge in [0.2, 0.25) is 0 Å². The van der Waals surface area contributed by atoms with Crippen LogP contribution in [-0.4, -0.2) is 0 Å². The first-order valence-electron chi connectivity index (χ1n) is 11.6. The van der Waals surface area contributed by atoms with Gasteiger partial charge in [0, 0.05) is 15.8 Å². The molecule has 0 radical (unpaired) electrons. The lowest BCUT2D eigenvalue weighted by molar-refractivity contribution is 1.50. The Hall–Kier alpha value is -4.38. The highest BCUT2D eigenvalue weighted by molar-refractivity contribution is 6.39. The van der Waals surface area contributed by atoms with Gasteiger partial charge in [0.15, 0.2) is 0 Å². The Balaban J connectivity index is 1.39. The van der Waals surface area contributed by atoms with Crippen molar-refractivity contribution in [2.75, 3.05) is 0 Å². The Bertz CT molecular complexity index is 1830. The smallest absolute Gasteiger partial charge is 0.0998 e. The van der Waals surface area contributed by atoms with Crippen molar-refractivity contribution >= 4 is 33.1 Å². The Morgan fingerprint density at radius 2 is 1.03 bits per heavy atom. The molecule has 6 aromatic carbocycles. The molecule has 1 nitrogen and oxygen atoms in total. The van der Waals surface area contributed by atoms with Crippen LogP contribution in [0, 0.1) is 11.3 Å². The van der Waals surface area contributed by atoms with Crippen LogP contribution in [0.2, 0.25) is 5.02 Å². The predicted molar refractivity (Wildman–Crippen MR) is 146 cm³/mol. The summed E-state index contributed by atoms with van der Waals surface area (Å²) in [5.74, 6) is 0. The molecule has 2 heteroatoms. The van der Waals surface area contributed by atoms with Crippen LogP contribution < -0.4 is 0 Å². The first kappa shape index (κ1) is 20.0. The molecule has 0 saturated heterocycles. The molecule has 1 aliphatic carbocycles. The highest BCUT2D eigenvalue weighted by Crippen LogP contribution is 2.51. The summed E-state index contributed by atoms with van der Waals surface area (Å²) in [6, 6.07) is 40.2. The minimum absolute atomic E-state index is 0.699. The normalized spacial score (nSPS) is 11.5. The van der Waals surface area contributed by atoms with Crippen molar-refractivity contribution in [2.24, 2.45) is 0 Å². The number of hydrogen-bond donors (Lipinski definition) is 0. The molecule has 0 fully saturated rings. The molecule has 0 N–H and O–H groups in total. The zero-order valence-electron chi connectivity index (χ0n) is 18.7. The molecular formula is C33H18ClN. The van der Waals surface area contributed by atoms with Crippen molar-refractivity contribution in [3.8, 4) is 50.6 Å². The Labute approximate surface area is 208 Å². The number of benzene rings is 6. The number of nitriles is 1. The number of rotatable bonds is 2. The SMILES string of the molecule is N#Cc1cccc2c(-c3ccc(-c4ccc5c6c(ccc(Cl)c46)-c4ccccc4-5)cc3)cccc12. The third-order valence-corrected chi connectivity index (χ3v) is 7.48. The average molecular weight is 464 g/mol. The lowest BCUT2D eigenvalue weighted by Crippen LogP contribution is -1.87. The lowest BCUT2D eigenvalue weighted by Gasteiger charge is -2.13. The zero-order chi connectivity index (χ0) is 23.5. The molecule has 0 bridgehead atoms. The summed E-state index contributed by atoms with van der Waals surface area (Å²) < 4.78 is 0. The van der Waals surface area contributed by atoms with Crippen LogP contribution >= 0.6 is 11.6 Å². The molecule has 0 heterocycles. The Kier molecular flexibility index (Phi) is 4.33. The van der Waals surface area contributed by atoms with E-state index < -0.39 is 0 Å². The summed E-state index contributed by atoms with van der Waals surface area (Å²) in [7, 11) is 0. The molecule has 162 valence electrons. The number of halogens is 1. The van der Waals surface area contributed by atoms with Crippen LogP contribution in [0.15, 0.2) is 109 Å². The van der Waals surface area contributed by atoms with Gasteiger partial charge in [-0.15, -0.1) is 0 Å². The first-order valence-corrected chi connectivity index (χ1v) is 12.0. The molecule has 0 saturated carbocycles. The van der Waals surface area contributed by atoms with E-state index in [4.69, 9.17) is 11.6 Å². The van der Waals surface area contributed by atoms with Gasteiger partial charge in [-0.3, -0.25) is 0 Å². The van der Waals surface area contributed by atoms with E-state index in [1.54, 1.807) is 0 Å². The van der Waals surface area contributed by atoms with Crippen LogP contribution in [0.1, 0.15) is 5.56 Å². The third kappa shape index (κ3) is 2.88. The van der Waals surface area contributed by atoms with Crippen molar-refractivity contribution in [2.45, 2.75) is 0 Å². The van der Waals surface area contributed by atoms with Crippen LogP contribution in [-0.2, 0) is 0 Å². The fourth-order valence-electron chi connectivity index (χ4n) is 5.58. The van der Waals surface area contributed by atoms with E-state index in [1.165, 1.54) is 27.6 Å². The molecule has 1 aliphatic rings. The van der Waals surface area contributed by atoms with E-state index in [0.29, 0.717) is 5.56 Å². The molecular weight excluding hydrogens is 446 g/mol. The van der Waals surface area contributed by atoms with Crippen molar-refractivity contribution in [1.82, 2.24) is 0 Å². The summed E-state index contributed by atoms with van der Waals surface area (Å²) in [5, 5.41) is 14.7. The minimum Gasteiger partial charge on any atom is -0.192 e. The number of hydrogen-bond acceptors (Lipinski definition) is 1. The quantitative estimate of drug-likeness (QED) is 0.250. The molecule has 0 atom stereocenters. The summed E-state index contributed by atoms with van der Waals surface area (Å²) in [6.45, 7) is 0. The largest absolute Gasteiger partial charge is 0.192 e. The minimum atomic E-state index is 0.699. The molecule has 35 heavy (non-hydrogen) atoms. The van der Waals surface area contributed by atoms with Crippen molar-refractivity contribution in [3.63, 3.8) is 0 Å². The fourth-order valence-corrected chi connectivity index (χ4v) is 5.84. The topological polar surface area (TPSA) is 23.8 Å². The van der Waals surface area contributed by atoms with Crippen molar-refractivity contribution in [3.05, 3.63) is 120 Å². The second-order valence-corrected chi connectivity index (χ2v) is 9.35. The molecule has 7 rings (SSSR count). The zero-order valence-corrected chi connectivity index (χ0v) is 19.5. The molecule has 0 unspecified atom stereocenters. The maximum atomic E-state index is 9.51. The highest BCUT2D eigenvalue weighted by Gasteiger charge is 2.23. The van der Waals surface area contributed by atoms with Crippen molar-refractivity contribution < 1.29 is 0 Å². The van der Waals surface area contributed by atoms with Gasteiger partial charge < -0.3 is 0 Å². The maximum absolute atomic E-state index is 9.51. The van der Waals surface area contributed by atoms with Gasteiger partial charge in [0.25, 0.3) is 0 Å². The van der Waals surface area contributed by atoms with Gasteiger partial charge in [0.05, 0.1) is 11.6 Å². The molecule has 0 spiro atoms. The van der Waals surface area contributed by atoms with Crippen LogP contribution in [0.5, 0.6) is 0 Å². The van der Waals surface area contributed by atoms with E-state index in [0.717, 1.165) is 43.4 Å². The Morgan fingerprint density at radius 1 is 0.457 bits per heavy atom. The van der Waals surface area contributed by atoms with Crippen LogP contribution in [0.3, 0.4) is 0 Å². The number of nitrogens with zero attached hydrogens (tertiary/aromatic N) is 1. The lowest BCUT2D eigenvalue weighted by atomic mass is 9.92. The van der Waals surface area contributed by atoms with E-state index >= 15 is 0 Å². The average Bonchev–Trinajstić information content (AvgIpc) is 3.24. The van der Waals surface area contributed by atoms with Gasteiger partial charge in [-0.2, -0.15) is 5.26 Å². The Morgan fingerprint density at radius 3 is 1.74 bits per heavy atom. The molecule has 0 aromatic heterocycles. The molecule has 6 aromatic rings. The van der Waals surface area contributed by atoms with Crippen molar-refractivity contribution in [1.29, 1.82) is 5.26 Å². The highest BCUT2D eigenvalue weighted by atomic mass is 35.5. The van der Waals surface area contributed by atoms with Crippen LogP contribution in [0.4, 0.5) is 0 Å². The molecule has 0 amide bonds. The summed E-state index contributed by atoms with van der Waals surface area (Å²) in [5.41, 5.74) is 10.3. The predicted octanol–water partition coefficient (Wildman–Crippen LogP) is 9.50. The summed E-state index contributed by atoms with van der Waals surface area (Å²) in [4.78, 5) is 0. The third-order valence-electron chi connectivity index (χ3n) is 7.17. The van der Waals surface area contributed by atoms with E-state index in [9.17, 15) is 5.26 Å². The van der Waals surface area contributed by atoms with Crippen LogP contribution in [0.25, 0.3) is 66.1 Å². The van der Waals surface area contributed by atoms with E-state index in [-0.39, 0.29) is 0 Å². The standard InChI is InChI=1S/C33H18ClN/c34-31-18-17-30-28-7-2-1-6-27(28)29-16-15-25(33(31)32(29)30)21-13-11-20(12-14-21)23-8-4-9-24-22(19-35)5-3-10-26(23)24/h1-18H. The van der Waals surface area contributed by atoms with E-state index in [2.05, 4.69) is 84.9 Å². The van der Waals surface area contributed by atoms with Gasteiger partial charge in [-0.25, -0.2) is 0 Å². The first-order chi connectivity index (χ1) is 17.2. The van der Waals surface area contributed by atoms with Gasteiger partial charge in [-0.05, 0) is 67.4 Å². The van der Waals surface area contributed by atoms with Gasteiger partial charge in [0.1, 0.15) is 0 Å². The van der Waals surface area contributed by atoms with E-state index in [1.807, 2.05) is 30.3 Å². The van der Waals surface area contributed by atoms with Gasteiger partial charge in [-0.1, -0.05) is 109 Å². The monoisotopic (exact) mass is 463 g/mol. The van der Waals surface area contributed by atoms with Gasteiger partial charge >= 0.3 is 0 Å².